The maximum atomic E-state index is 12.6. The zero-order chi connectivity index (χ0) is 17.2. The van der Waals surface area contributed by atoms with E-state index in [1.807, 2.05) is 12.1 Å². The van der Waals surface area contributed by atoms with Crippen LogP contribution in [0.4, 0.5) is 0 Å². The van der Waals surface area contributed by atoms with Crippen LogP contribution in [0.15, 0.2) is 60.8 Å². The number of benzene rings is 2. The Morgan fingerprint density at radius 3 is 2.72 bits per heavy atom. The molecule has 2 unspecified atom stereocenters. The van der Waals surface area contributed by atoms with Crippen LogP contribution in [0.3, 0.4) is 0 Å². The molecule has 3 nitrogen and oxygen atoms in total. The van der Waals surface area contributed by atoms with Gasteiger partial charge in [0.05, 0.1) is 0 Å². The molecule has 0 amide bonds. The standard InChI is InChI=1S/C22H24N2O/c1-16(19-13-23-21-10-6-5-9-18(19)21)20-15-24(12-11-22(20)25)14-17-7-3-2-4-8-17/h2-10,13,16,20,23H,11-12,14-15H2,1H3. The van der Waals surface area contributed by atoms with Crippen molar-refractivity contribution in [2.45, 2.75) is 25.8 Å². The van der Waals surface area contributed by atoms with Crippen LogP contribution in [0.25, 0.3) is 10.9 Å². The van der Waals surface area contributed by atoms with Gasteiger partial charge in [0.25, 0.3) is 0 Å². The van der Waals surface area contributed by atoms with Crippen LogP contribution in [0, 0.1) is 5.92 Å². The summed E-state index contributed by atoms with van der Waals surface area (Å²) >= 11 is 0. The summed E-state index contributed by atoms with van der Waals surface area (Å²) < 4.78 is 0. The third-order valence-electron chi connectivity index (χ3n) is 5.51. The van der Waals surface area contributed by atoms with Gasteiger partial charge in [0.15, 0.2) is 0 Å². The number of nitrogens with one attached hydrogen (secondary N) is 1. The summed E-state index contributed by atoms with van der Waals surface area (Å²) in [6, 6.07) is 18.9. The number of hydrogen-bond acceptors (Lipinski definition) is 2. The Labute approximate surface area is 148 Å². The minimum atomic E-state index is 0.0664. The molecule has 3 aromatic rings. The molecule has 2 heterocycles. The Morgan fingerprint density at radius 1 is 1.12 bits per heavy atom. The van der Waals surface area contributed by atoms with Gasteiger partial charge in [-0.05, 0) is 23.1 Å². The Hall–Kier alpha value is -2.39. The van der Waals surface area contributed by atoms with Crippen molar-refractivity contribution in [3.63, 3.8) is 0 Å². The Balaban J connectivity index is 1.54. The summed E-state index contributed by atoms with van der Waals surface area (Å²) in [5.41, 5.74) is 3.72. The van der Waals surface area contributed by atoms with Gasteiger partial charge in [-0.3, -0.25) is 9.69 Å². The summed E-state index contributed by atoms with van der Waals surface area (Å²) in [5.74, 6) is 0.695. The smallest absolute Gasteiger partial charge is 0.139 e. The maximum absolute atomic E-state index is 12.6. The number of carbonyl (C=O) groups excluding carboxylic acids is 1. The van der Waals surface area contributed by atoms with Crippen LogP contribution in [0.5, 0.6) is 0 Å². The highest BCUT2D eigenvalue weighted by Gasteiger charge is 2.33. The van der Waals surface area contributed by atoms with Gasteiger partial charge in [-0.1, -0.05) is 55.5 Å². The number of piperidine rings is 1. The normalized spacial score (nSPS) is 20.0. The molecule has 1 fully saturated rings. The van der Waals surface area contributed by atoms with E-state index >= 15 is 0 Å². The summed E-state index contributed by atoms with van der Waals surface area (Å²) in [6.45, 7) is 4.83. The monoisotopic (exact) mass is 332 g/mol. The van der Waals surface area contributed by atoms with Gasteiger partial charge in [-0.2, -0.15) is 0 Å². The van der Waals surface area contributed by atoms with E-state index in [9.17, 15) is 4.79 Å². The molecule has 4 rings (SSSR count). The lowest BCUT2D eigenvalue weighted by atomic mass is 9.81. The molecule has 0 aliphatic carbocycles. The lowest BCUT2D eigenvalue weighted by Gasteiger charge is -2.34. The van der Waals surface area contributed by atoms with Crippen LogP contribution < -0.4 is 0 Å². The van der Waals surface area contributed by atoms with Crippen molar-refractivity contribution in [2.75, 3.05) is 13.1 Å². The first-order chi connectivity index (χ1) is 12.2. The maximum Gasteiger partial charge on any atom is 0.139 e. The van der Waals surface area contributed by atoms with E-state index < -0.39 is 0 Å². The Morgan fingerprint density at radius 2 is 1.88 bits per heavy atom. The molecule has 0 spiro atoms. The summed E-state index contributed by atoms with van der Waals surface area (Å²) in [5, 5.41) is 1.24. The second-order valence-corrected chi connectivity index (χ2v) is 7.12. The van der Waals surface area contributed by atoms with Crippen molar-refractivity contribution < 1.29 is 4.79 Å². The lowest BCUT2D eigenvalue weighted by molar-refractivity contribution is -0.127. The SMILES string of the molecule is CC(c1c[nH]c2ccccc12)C1CN(Cc2ccccc2)CCC1=O. The number of H-pyrrole nitrogens is 1. The van der Waals surface area contributed by atoms with Crippen molar-refractivity contribution in [3.05, 3.63) is 71.9 Å². The van der Waals surface area contributed by atoms with E-state index in [2.05, 4.69) is 65.5 Å². The van der Waals surface area contributed by atoms with E-state index in [1.165, 1.54) is 16.5 Å². The number of aromatic amines is 1. The van der Waals surface area contributed by atoms with E-state index in [0.717, 1.165) is 25.2 Å². The van der Waals surface area contributed by atoms with E-state index in [4.69, 9.17) is 0 Å². The number of para-hydroxylation sites is 1. The molecule has 1 aromatic heterocycles. The Bertz CT molecular complexity index is 868. The van der Waals surface area contributed by atoms with Crippen LogP contribution >= 0.6 is 0 Å². The molecule has 3 heteroatoms. The number of hydrogen-bond donors (Lipinski definition) is 1. The van der Waals surface area contributed by atoms with Gasteiger partial charge in [0, 0.05) is 49.1 Å². The van der Waals surface area contributed by atoms with Gasteiger partial charge < -0.3 is 4.98 Å². The highest BCUT2D eigenvalue weighted by Crippen LogP contribution is 2.34. The molecule has 2 atom stereocenters. The second kappa shape index (κ2) is 6.85. The molecule has 25 heavy (non-hydrogen) atoms. The molecule has 1 aliphatic rings. The molecule has 0 bridgehead atoms. The topological polar surface area (TPSA) is 36.1 Å². The van der Waals surface area contributed by atoms with Crippen LogP contribution in [0.1, 0.15) is 30.4 Å². The first-order valence-corrected chi connectivity index (χ1v) is 9.07. The van der Waals surface area contributed by atoms with Crippen molar-refractivity contribution in [3.8, 4) is 0 Å². The zero-order valence-corrected chi connectivity index (χ0v) is 14.6. The number of rotatable bonds is 4. The van der Waals surface area contributed by atoms with Crippen molar-refractivity contribution >= 4 is 16.7 Å². The fraction of sp³-hybridized carbons (Fsp3) is 0.318. The van der Waals surface area contributed by atoms with E-state index in [0.29, 0.717) is 12.2 Å². The minimum Gasteiger partial charge on any atom is -0.361 e. The number of likely N-dealkylation sites (tertiary alicyclic amines) is 1. The molecule has 1 saturated heterocycles. The predicted molar refractivity (Wildman–Crippen MR) is 102 cm³/mol. The molecule has 1 aliphatic heterocycles. The number of nitrogens with zero attached hydrogens (tertiary/aromatic N) is 1. The van der Waals surface area contributed by atoms with Gasteiger partial charge in [0.2, 0.25) is 0 Å². The quantitative estimate of drug-likeness (QED) is 0.770. The average Bonchev–Trinajstić information content (AvgIpc) is 3.08. The fourth-order valence-electron chi connectivity index (χ4n) is 4.03. The number of Topliss-reactive ketones (excluding diaryl/α,β-unsaturated/α-hetero) is 1. The van der Waals surface area contributed by atoms with E-state index in [1.54, 1.807) is 0 Å². The molecule has 2 aromatic carbocycles. The lowest BCUT2D eigenvalue weighted by Crippen LogP contribution is -2.42. The largest absolute Gasteiger partial charge is 0.361 e. The number of aromatic nitrogens is 1. The molecule has 128 valence electrons. The predicted octanol–water partition coefficient (Wildman–Crippen LogP) is 4.36. The first-order valence-electron chi connectivity index (χ1n) is 9.07. The average molecular weight is 332 g/mol. The number of fused-ring (bicyclic) bond motifs is 1. The van der Waals surface area contributed by atoms with Gasteiger partial charge >= 0.3 is 0 Å². The third-order valence-corrected chi connectivity index (χ3v) is 5.51. The molecule has 0 radical (unpaired) electrons. The number of carbonyl (C=O) groups is 1. The van der Waals surface area contributed by atoms with Crippen LogP contribution in [-0.4, -0.2) is 28.8 Å². The van der Waals surface area contributed by atoms with Gasteiger partial charge in [-0.15, -0.1) is 0 Å². The van der Waals surface area contributed by atoms with Crippen LogP contribution in [-0.2, 0) is 11.3 Å². The Kier molecular flexibility index (Phi) is 4.41. The van der Waals surface area contributed by atoms with Crippen molar-refractivity contribution in [1.82, 2.24) is 9.88 Å². The van der Waals surface area contributed by atoms with Crippen molar-refractivity contribution in [1.29, 1.82) is 0 Å². The highest BCUT2D eigenvalue weighted by molar-refractivity contribution is 5.87. The van der Waals surface area contributed by atoms with Crippen molar-refractivity contribution in [2.24, 2.45) is 5.92 Å². The zero-order valence-electron chi connectivity index (χ0n) is 14.6. The number of ketones is 1. The van der Waals surface area contributed by atoms with Gasteiger partial charge in [0.1, 0.15) is 5.78 Å². The first kappa shape index (κ1) is 16.1. The highest BCUT2D eigenvalue weighted by atomic mass is 16.1. The summed E-state index contributed by atoms with van der Waals surface area (Å²) in [6.07, 6.45) is 2.74. The van der Waals surface area contributed by atoms with Gasteiger partial charge in [-0.25, -0.2) is 0 Å². The molecule has 1 N–H and O–H groups in total. The fourth-order valence-corrected chi connectivity index (χ4v) is 4.03. The van der Waals surface area contributed by atoms with Crippen LogP contribution in [0.2, 0.25) is 0 Å². The third kappa shape index (κ3) is 3.24. The summed E-state index contributed by atoms with van der Waals surface area (Å²) in [7, 11) is 0. The minimum absolute atomic E-state index is 0.0664. The molecular weight excluding hydrogens is 308 g/mol. The molecular formula is C22H24N2O. The summed E-state index contributed by atoms with van der Waals surface area (Å²) in [4.78, 5) is 18.4. The molecule has 0 saturated carbocycles. The second-order valence-electron chi connectivity index (χ2n) is 7.12. The van der Waals surface area contributed by atoms with E-state index in [-0.39, 0.29) is 11.8 Å².